The van der Waals surface area contributed by atoms with Crippen molar-refractivity contribution >= 4 is 17.6 Å². The number of benzene rings is 2. The second kappa shape index (κ2) is 7.05. The Morgan fingerprint density at radius 2 is 1.84 bits per heavy atom. The number of hydrogen-bond donors (Lipinski definition) is 2. The third-order valence-corrected chi connectivity index (χ3v) is 4.02. The summed E-state index contributed by atoms with van der Waals surface area (Å²) in [4.78, 5) is 16.8. The lowest BCUT2D eigenvalue weighted by atomic mass is 9.92. The Hall–Kier alpha value is -3.33. The van der Waals surface area contributed by atoms with E-state index in [9.17, 15) is 10.1 Å². The summed E-state index contributed by atoms with van der Waals surface area (Å²) in [5.41, 5.74) is 2.74. The molecule has 0 spiro atoms. The number of nitriles is 1. The van der Waals surface area contributed by atoms with Crippen molar-refractivity contribution in [1.82, 2.24) is 5.32 Å². The predicted octanol–water partition coefficient (Wildman–Crippen LogP) is 2.78. The van der Waals surface area contributed by atoms with Gasteiger partial charge in [-0.25, -0.2) is 4.99 Å². The highest BCUT2D eigenvalue weighted by atomic mass is 16.5. The SMILES string of the molecule is COc1ccc(C2N=C(Nc3ccc(C)cc3)NC(=O)C2C#N)cc1. The highest BCUT2D eigenvalue weighted by Gasteiger charge is 2.34. The molecule has 1 aliphatic heterocycles. The number of carbonyl (C=O) groups is 1. The van der Waals surface area contributed by atoms with Crippen LogP contribution in [-0.4, -0.2) is 19.0 Å². The Bertz CT molecular complexity index is 835. The highest BCUT2D eigenvalue weighted by molar-refractivity contribution is 6.07. The van der Waals surface area contributed by atoms with E-state index in [-0.39, 0.29) is 5.91 Å². The summed E-state index contributed by atoms with van der Waals surface area (Å²) in [6.07, 6.45) is 0. The van der Waals surface area contributed by atoms with E-state index in [2.05, 4.69) is 15.6 Å². The van der Waals surface area contributed by atoms with Crippen LogP contribution in [0.25, 0.3) is 0 Å². The van der Waals surface area contributed by atoms with Crippen molar-refractivity contribution in [2.75, 3.05) is 12.4 Å². The molecule has 6 heteroatoms. The van der Waals surface area contributed by atoms with E-state index in [1.165, 1.54) is 0 Å². The van der Waals surface area contributed by atoms with Crippen LogP contribution in [0, 0.1) is 24.2 Å². The number of nitrogens with zero attached hydrogens (tertiary/aromatic N) is 2. The first-order chi connectivity index (χ1) is 12.1. The standard InChI is InChI=1S/C19H18N4O2/c1-12-3-7-14(8-4-12)21-19-22-17(16(11-20)18(24)23-19)13-5-9-15(25-2)10-6-13/h3-10,16-17H,1-2H3,(H2,21,22,23,24). The number of ether oxygens (including phenoxy) is 1. The first kappa shape index (κ1) is 16.5. The third kappa shape index (κ3) is 3.61. The molecule has 126 valence electrons. The zero-order chi connectivity index (χ0) is 17.8. The second-order valence-corrected chi connectivity index (χ2v) is 5.78. The summed E-state index contributed by atoms with van der Waals surface area (Å²) in [7, 11) is 1.59. The Kier molecular flexibility index (Phi) is 4.66. The van der Waals surface area contributed by atoms with Crippen LogP contribution in [0.15, 0.2) is 53.5 Å². The maximum Gasteiger partial charge on any atom is 0.246 e. The van der Waals surface area contributed by atoms with Gasteiger partial charge in [-0.1, -0.05) is 29.8 Å². The van der Waals surface area contributed by atoms with Crippen molar-refractivity contribution < 1.29 is 9.53 Å². The number of nitrogens with one attached hydrogen (secondary N) is 2. The van der Waals surface area contributed by atoms with Gasteiger partial charge in [-0.2, -0.15) is 5.26 Å². The van der Waals surface area contributed by atoms with Gasteiger partial charge in [-0.15, -0.1) is 0 Å². The predicted molar refractivity (Wildman–Crippen MR) is 95.2 cm³/mol. The molecule has 0 saturated carbocycles. The van der Waals surface area contributed by atoms with Gasteiger partial charge < -0.3 is 10.1 Å². The Labute approximate surface area is 146 Å². The zero-order valence-corrected chi connectivity index (χ0v) is 14.0. The minimum Gasteiger partial charge on any atom is -0.497 e. The maximum absolute atomic E-state index is 12.3. The lowest BCUT2D eigenvalue weighted by Crippen LogP contribution is -2.45. The Morgan fingerprint density at radius 3 is 2.44 bits per heavy atom. The van der Waals surface area contributed by atoms with Crippen LogP contribution in [0.3, 0.4) is 0 Å². The minimum absolute atomic E-state index is 0.334. The van der Waals surface area contributed by atoms with Gasteiger partial charge in [0.1, 0.15) is 11.8 Å². The van der Waals surface area contributed by atoms with Gasteiger partial charge in [-0.05, 0) is 36.8 Å². The van der Waals surface area contributed by atoms with Crippen LogP contribution in [0.1, 0.15) is 17.2 Å². The monoisotopic (exact) mass is 334 g/mol. The zero-order valence-electron chi connectivity index (χ0n) is 14.0. The van der Waals surface area contributed by atoms with E-state index in [1.54, 1.807) is 19.2 Å². The average Bonchev–Trinajstić information content (AvgIpc) is 2.63. The smallest absolute Gasteiger partial charge is 0.246 e. The Morgan fingerprint density at radius 1 is 1.16 bits per heavy atom. The van der Waals surface area contributed by atoms with Gasteiger partial charge in [0, 0.05) is 5.69 Å². The molecular formula is C19H18N4O2. The first-order valence-corrected chi connectivity index (χ1v) is 7.86. The number of rotatable bonds is 3. The van der Waals surface area contributed by atoms with Gasteiger partial charge in [-0.3, -0.25) is 10.1 Å². The molecule has 0 fully saturated rings. The number of guanidine groups is 1. The largest absolute Gasteiger partial charge is 0.497 e. The Balaban J connectivity index is 1.90. The molecule has 2 N–H and O–H groups in total. The van der Waals surface area contributed by atoms with Crippen LogP contribution in [0.2, 0.25) is 0 Å². The first-order valence-electron chi connectivity index (χ1n) is 7.86. The summed E-state index contributed by atoms with van der Waals surface area (Å²) >= 11 is 0. The fraction of sp³-hybridized carbons (Fsp3) is 0.211. The highest BCUT2D eigenvalue weighted by Crippen LogP contribution is 2.30. The van der Waals surface area contributed by atoms with E-state index in [0.29, 0.717) is 11.7 Å². The van der Waals surface area contributed by atoms with Crippen molar-refractivity contribution in [3.63, 3.8) is 0 Å². The average molecular weight is 334 g/mol. The molecule has 2 atom stereocenters. The minimum atomic E-state index is -0.878. The molecule has 25 heavy (non-hydrogen) atoms. The number of methoxy groups -OCH3 is 1. The number of aliphatic imine (C=N–C) groups is 1. The number of aryl methyl sites for hydroxylation is 1. The molecule has 1 heterocycles. The molecule has 3 rings (SSSR count). The van der Waals surface area contributed by atoms with Gasteiger partial charge in [0.15, 0.2) is 5.92 Å². The van der Waals surface area contributed by atoms with E-state index < -0.39 is 12.0 Å². The summed E-state index contributed by atoms with van der Waals surface area (Å²) < 4.78 is 5.15. The fourth-order valence-corrected chi connectivity index (χ4v) is 2.62. The summed E-state index contributed by atoms with van der Waals surface area (Å²) in [6.45, 7) is 2.00. The van der Waals surface area contributed by atoms with Crippen LogP contribution in [0.4, 0.5) is 5.69 Å². The topological polar surface area (TPSA) is 86.5 Å². The quantitative estimate of drug-likeness (QED) is 0.903. The summed E-state index contributed by atoms with van der Waals surface area (Å²) in [6, 6.07) is 16.4. The lowest BCUT2D eigenvalue weighted by molar-refractivity contribution is -0.122. The van der Waals surface area contributed by atoms with Crippen molar-refractivity contribution in [1.29, 1.82) is 5.26 Å². The van der Waals surface area contributed by atoms with Gasteiger partial charge in [0.2, 0.25) is 11.9 Å². The molecule has 1 aliphatic rings. The third-order valence-electron chi connectivity index (χ3n) is 4.02. The van der Waals surface area contributed by atoms with Crippen LogP contribution >= 0.6 is 0 Å². The van der Waals surface area contributed by atoms with Crippen molar-refractivity contribution in [3.05, 3.63) is 59.7 Å². The van der Waals surface area contributed by atoms with Crippen LogP contribution in [0.5, 0.6) is 5.75 Å². The summed E-state index contributed by atoms with van der Waals surface area (Å²) in [5, 5.41) is 15.1. The molecule has 0 aromatic heterocycles. The number of anilines is 1. The van der Waals surface area contributed by atoms with Crippen molar-refractivity contribution in [2.24, 2.45) is 10.9 Å². The van der Waals surface area contributed by atoms with Crippen LogP contribution in [-0.2, 0) is 4.79 Å². The second-order valence-electron chi connectivity index (χ2n) is 5.78. The lowest BCUT2D eigenvalue weighted by Gasteiger charge is -2.25. The van der Waals surface area contributed by atoms with Gasteiger partial charge in [0.25, 0.3) is 0 Å². The molecule has 1 amide bonds. The van der Waals surface area contributed by atoms with Gasteiger partial charge >= 0.3 is 0 Å². The normalized spacial score (nSPS) is 19.4. The molecule has 2 aromatic rings. The molecule has 2 unspecified atom stereocenters. The fourth-order valence-electron chi connectivity index (χ4n) is 2.62. The molecular weight excluding hydrogens is 316 g/mol. The maximum atomic E-state index is 12.3. The van der Waals surface area contributed by atoms with E-state index in [1.807, 2.05) is 49.4 Å². The van der Waals surface area contributed by atoms with Gasteiger partial charge in [0.05, 0.1) is 13.2 Å². The van der Waals surface area contributed by atoms with Crippen molar-refractivity contribution in [2.45, 2.75) is 13.0 Å². The van der Waals surface area contributed by atoms with E-state index in [4.69, 9.17) is 4.74 Å². The molecule has 0 radical (unpaired) electrons. The molecule has 0 saturated heterocycles. The summed E-state index contributed by atoms with van der Waals surface area (Å²) in [5.74, 6) is -0.203. The number of hydrogen-bond acceptors (Lipinski definition) is 5. The molecule has 6 nitrogen and oxygen atoms in total. The molecule has 0 aliphatic carbocycles. The van der Waals surface area contributed by atoms with Crippen LogP contribution < -0.4 is 15.4 Å². The van der Waals surface area contributed by atoms with Crippen molar-refractivity contribution in [3.8, 4) is 11.8 Å². The van der Waals surface area contributed by atoms with E-state index in [0.717, 1.165) is 16.8 Å². The molecule has 2 aromatic carbocycles. The number of carbonyl (C=O) groups excluding carboxylic acids is 1. The molecule has 0 bridgehead atoms. The number of amides is 1. The van der Waals surface area contributed by atoms with E-state index >= 15 is 0 Å².